The van der Waals surface area contributed by atoms with Gasteiger partial charge in [-0.3, -0.25) is 4.79 Å². The predicted octanol–water partition coefficient (Wildman–Crippen LogP) is 5.48. The van der Waals surface area contributed by atoms with Crippen LogP contribution < -0.4 is 5.32 Å². The molecule has 1 saturated heterocycles. The number of carbonyl (C=O) groups is 1. The molecule has 0 bridgehead atoms. The number of hydrogen-bond acceptors (Lipinski definition) is 4. The molecule has 1 aliphatic heterocycles. The topological polar surface area (TPSA) is 59.3 Å². The minimum absolute atomic E-state index is 0.241. The SMILES string of the molecule is Cc1cccc(C)c1N=C1NC(=O)/C(=C/c2c(C)nn(-c3ccc(F)cc3)c2Cl)S1. The summed E-state index contributed by atoms with van der Waals surface area (Å²) in [6, 6.07) is 11.8. The highest BCUT2D eigenvalue weighted by Gasteiger charge is 2.26. The van der Waals surface area contributed by atoms with Gasteiger partial charge in [0.25, 0.3) is 5.91 Å². The van der Waals surface area contributed by atoms with E-state index < -0.39 is 0 Å². The van der Waals surface area contributed by atoms with Crippen LogP contribution in [0.4, 0.5) is 10.1 Å². The number of amides is 1. The average molecular weight is 441 g/mol. The number of para-hydroxylation sites is 1. The maximum absolute atomic E-state index is 13.2. The zero-order valence-electron chi connectivity index (χ0n) is 16.5. The summed E-state index contributed by atoms with van der Waals surface area (Å²) in [5, 5.41) is 8.10. The molecule has 2 aromatic carbocycles. The van der Waals surface area contributed by atoms with Crippen molar-refractivity contribution in [2.24, 2.45) is 4.99 Å². The second kappa shape index (κ2) is 8.08. The van der Waals surface area contributed by atoms with E-state index in [2.05, 4.69) is 15.4 Å². The molecule has 152 valence electrons. The molecule has 1 N–H and O–H groups in total. The molecule has 0 aliphatic carbocycles. The number of rotatable bonds is 3. The van der Waals surface area contributed by atoms with E-state index in [0.717, 1.165) is 16.8 Å². The minimum atomic E-state index is -0.337. The van der Waals surface area contributed by atoms with E-state index in [1.165, 1.54) is 28.6 Å². The Morgan fingerprint density at radius 1 is 1.13 bits per heavy atom. The Morgan fingerprint density at radius 3 is 2.47 bits per heavy atom. The molecule has 0 radical (unpaired) electrons. The van der Waals surface area contributed by atoms with Crippen molar-refractivity contribution in [2.75, 3.05) is 0 Å². The number of hydrogen-bond donors (Lipinski definition) is 1. The highest BCUT2D eigenvalue weighted by molar-refractivity contribution is 8.18. The number of thioether (sulfide) groups is 1. The van der Waals surface area contributed by atoms with Crippen molar-refractivity contribution in [2.45, 2.75) is 20.8 Å². The van der Waals surface area contributed by atoms with Gasteiger partial charge in [-0.1, -0.05) is 29.8 Å². The lowest BCUT2D eigenvalue weighted by Gasteiger charge is -2.04. The maximum Gasteiger partial charge on any atom is 0.264 e. The van der Waals surface area contributed by atoms with Crippen LogP contribution in [0, 0.1) is 26.6 Å². The number of aryl methyl sites for hydroxylation is 3. The van der Waals surface area contributed by atoms with Gasteiger partial charge < -0.3 is 5.32 Å². The van der Waals surface area contributed by atoms with Crippen LogP contribution in [0.5, 0.6) is 0 Å². The van der Waals surface area contributed by atoms with E-state index in [9.17, 15) is 9.18 Å². The molecule has 5 nitrogen and oxygen atoms in total. The van der Waals surface area contributed by atoms with E-state index in [0.29, 0.717) is 32.2 Å². The molecule has 1 aromatic heterocycles. The number of nitrogens with one attached hydrogen (secondary N) is 1. The van der Waals surface area contributed by atoms with Crippen molar-refractivity contribution in [1.82, 2.24) is 15.1 Å². The average Bonchev–Trinajstić information content (AvgIpc) is 3.19. The molecular weight excluding hydrogens is 423 g/mol. The molecule has 1 fully saturated rings. The quantitative estimate of drug-likeness (QED) is 0.548. The van der Waals surface area contributed by atoms with E-state index in [-0.39, 0.29) is 11.7 Å². The van der Waals surface area contributed by atoms with Gasteiger partial charge in [-0.05, 0) is 74.0 Å². The van der Waals surface area contributed by atoms with Crippen molar-refractivity contribution in [1.29, 1.82) is 0 Å². The smallest absolute Gasteiger partial charge is 0.264 e. The Hall–Kier alpha value is -2.90. The second-order valence-electron chi connectivity index (χ2n) is 6.90. The fourth-order valence-corrected chi connectivity index (χ4v) is 4.26. The number of aliphatic imine (C=N–C) groups is 1. The summed E-state index contributed by atoms with van der Waals surface area (Å²) in [5.74, 6) is -0.578. The molecule has 0 unspecified atom stereocenters. The summed E-state index contributed by atoms with van der Waals surface area (Å²) in [7, 11) is 0. The molecule has 1 aliphatic rings. The van der Waals surface area contributed by atoms with Crippen LogP contribution in [0.1, 0.15) is 22.4 Å². The Bertz CT molecular complexity index is 1190. The third kappa shape index (κ3) is 3.91. The van der Waals surface area contributed by atoms with Gasteiger partial charge in [0.15, 0.2) is 5.17 Å². The molecule has 0 spiro atoms. The van der Waals surface area contributed by atoms with Gasteiger partial charge >= 0.3 is 0 Å². The molecule has 30 heavy (non-hydrogen) atoms. The lowest BCUT2D eigenvalue weighted by molar-refractivity contribution is -0.115. The lowest BCUT2D eigenvalue weighted by atomic mass is 10.1. The van der Waals surface area contributed by atoms with Crippen LogP contribution in [0.2, 0.25) is 5.15 Å². The van der Waals surface area contributed by atoms with Gasteiger partial charge in [0.2, 0.25) is 0 Å². The standard InChI is InChI=1S/C22H18ClFN4OS/c1-12-5-4-6-13(2)19(12)25-22-26-21(29)18(30-22)11-17-14(3)27-28(20(17)23)16-9-7-15(24)8-10-16/h4-11H,1-3H3,(H,25,26,29)/b18-11-. The first-order valence-electron chi connectivity index (χ1n) is 9.20. The fourth-order valence-electron chi connectivity index (χ4n) is 3.12. The predicted molar refractivity (Wildman–Crippen MR) is 120 cm³/mol. The Labute approximate surface area is 182 Å². The zero-order valence-corrected chi connectivity index (χ0v) is 18.1. The number of carbonyl (C=O) groups excluding carboxylic acids is 1. The Balaban J connectivity index is 1.67. The van der Waals surface area contributed by atoms with E-state index >= 15 is 0 Å². The van der Waals surface area contributed by atoms with E-state index in [1.807, 2.05) is 39.0 Å². The van der Waals surface area contributed by atoms with Gasteiger partial charge in [-0.2, -0.15) is 5.10 Å². The van der Waals surface area contributed by atoms with E-state index in [1.54, 1.807) is 18.2 Å². The molecule has 0 saturated carbocycles. The van der Waals surface area contributed by atoms with E-state index in [4.69, 9.17) is 11.6 Å². The number of amidine groups is 1. The van der Waals surface area contributed by atoms with Crippen LogP contribution in [0.15, 0.2) is 52.4 Å². The number of nitrogens with zero attached hydrogens (tertiary/aromatic N) is 3. The van der Waals surface area contributed by atoms with Crippen molar-refractivity contribution in [3.05, 3.63) is 80.7 Å². The van der Waals surface area contributed by atoms with Gasteiger partial charge in [-0.15, -0.1) is 0 Å². The summed E-state index contributed by atoms with van der Waals surface area (Å²) in [6.45, 7) is 5.77. The molecule has 4 rings (SSSR count). The van der Waals surface area contributed by atoms with Crippen LogP contribution in [0.25, 0.3) is 11.8 Å². The van der Waals surface area contributed by atoms with Crippen LogP contribution in [-0.4, -0.2) is 20.9 Å². The van der Waals surface area contributed by atoms with Crippen molar-refractivity contribution < 1.29 is 9.18 Å². The highest BCUT2D eigenvalue weighted by atomic mass is 35.5. The summed E-state index contributed by atoms with van der Waals surface area (Å²) >= 11 is 7.78. The normalized spacial score (nSPS) is 16.5. The molecule has 8 heteroatoms. The number of benzene rings is 2. The third-order valence-electron chi connectivity index (χ3n) is 4.70. The first-order valence-corrected chi connectivity index (χ1v) is 10.4. The fraction of sp³-hybridized carbons (Fsp3) is 0.136. The minimum Gasteiger partial charge on any atom is -0.300 e. The van der Waals surface area contributed by atoms with Crippen molar-refractivity contribution in [3.63, 3.8) is 0 Å². The first-order chi connectivity index (χ1) is 14.3. The summed E-state index contributed by atoms with van der Waals surface area (Å²) in [6.07, 6.45) is 1.71. The van der Waals surface area contributed by atoms with Crippen molar-refractivity contribution >= 4 is 46.2 Å². The summed E-state index contributed by atoms with van der Waals surface area (Å²) in [4.78, 5) is 17.6. The van der Waals surface area contributed by atoms with Gasteiger partial charge in [-0.25, -0.2) is 14.1 Å². The number of aromatic nitrogens is 2. The monoisotopic (exact) mass is 440 g/mol. The maximum atomic E-state index is 13.2. The second-order valence-corrected chi connectivity index (χ2v) is 8.29. The molecular formula is C22H18ClFN4OS. The van der Waals surface area contributed by atoms with Gasteiger partial charge in [0.05, 0.1) is 22.0 Å². The molecule has 0 atom stereocenters. The third-order valence-corrected chi connectivity index (χ3v) is 5.97. The highest BCUT2D eigenvalue weighted by Crippen LogP contribution is 2.33. The molecule has 1 amide bonds. The van der Waals surface area contributed by atoms with Crippen LogP contribution in [0.3, 0.4) is 0 Å². The molecule has 2 heterocycles. The first kappa shape index (κ1) is 20.4. The Morgan fingerprint density at radius 2 is 1.80 bits per heavy atom. The van der Waals surface area contributed by atoms with Crippen molar-refractivity contribution in [3.8, 4) is 5.69 Å². The molecule has 3 aromatic rings. The van der Waals surface area contributed by atoms with Gasteiger partial charge in [0, 0.05) is 5.56 Å². The lowest BCUT2D eigenvalue weighted by Crippen LogP contribution is -2.19. The van der Waals surface area contributed by atoms with Crippen LogP contribution in [-0.2, 0) is 4.79 Å². The zero-order chi connectivity index (χ0) is 21.4. The largest absolute Gasteiger partial charge is 0.300 e. The van der Waals surface area contributed by atoms with Gasteiger partial charge in [0.1, 0.15) is 11.0 Å². The number of halogens is 2. The Kier molecular flexibility index (Phi) is 5.49. The summed E-state index contributed by atoms with van der Waals surface area (Å²) in [5.41, 5.74) is 4.84. The summed E-state index contributed by atoms with van der Waals surface area (Å²) < 4.78 is 14.7. The van der Waals surface area contributed by atoms with Crippen LogP contribution >= 0.6 is 23.4 Å².